The summed E-state index contributed by atoms with van der Waals surface area (Å²) in [5, 5.41) is 12.0. The summed E-state index contributed by atoms with van der Waals surface area (Å²) in [6.45, 7) is 1.99. The van der Waals surface area contributed by atoms with E-state index >= 15 is 0 Å². The third-order valence-corrected chi connectivity index (χ3v) is 1.90. The number of rotatable bonds is 2. The van der Waals surface area contributed by atoms with Gasteiger partial charge in [0.2, 0.25) is 0 Å². The average Bonchev–Trinajstić information content (AvgIpc) is 2.67. The Morgan fingerprint density at radius 1 is 1.29 bits per heavy atom. The second kappa shape index (κ2) is 3.45. The van der Waals surface area contributed by atoms with Gasteiger partial charge in [0.05, 0.1) is 5.69 Å². The van der Waals surface area contributed by atoms with Crippen molar-refractivity contribution in [3.05, 3.63) is 30.1 Å². The molecule has 0 aliphatic carbocycles. The van der Waals surface area contributed by atoms with Crippen LogP contribution in [0.2, 0.25) is 0 Å². The van der Waals surface area contributed by atoms with E-state index in [9.17, 15) is 0 Å². The van der Waals surface area contributed by atoms with E-state index in [4.69, 9.17) is 5.73 Å². The van der Waals surface area contributed by atoms with Crippen molar-refractivity contribution in [2.75, 3.05) is 5.73 Å². The molecule has 2 N–H and O–H groups in total. The summed E-state index contributed by atoms with van der Waals surface area (Å²) in [7, 11) is 0. The molecule has 1 aromatic heterocycles. The maximum absolute atomic E-state index is 5.57. The molecule has 0 spiro atoms. The van der Waals surface area contributed by atoms with E-state index in [-0.39, 0.29) is 0 Å². The minimum Gasteiger partial charge on any atom is -0.399 e. The number of aromatic nitrogens is 4. The van der Waals surface area contributed by atoms with Crippen LogP contribution < -0.4 is 5.73 Å². The summed E-state index contributed by atoms with van der Waals surface area (Å²) < 4.78 is 0. The zero-order valence-electron chi connectivity index (χ0n) is 7.88. The zero-order valence-corrected chi connectivity index (χ0v) is 7.88. The molecule has 1 heterocycles. The van der Waals surface area contributed by atoms with Crippen molar-refractivity contribution in [3.63, 3.8) is 0 Å². The van der Waals surface area contributed by atoms with Gasteiger partial charge >= 0.3 is 0 Å². The van der Waals surface area contributed by atoms with Crippen molar-refractivity contribution < 1.29 is 0 Å². The predicted molar refractivity (Wildman–Crippen MR) is 52.9 cm³/mol. The number of tetrazole rings is 1. The summed E-state index contributed by atoms with van der Waals surface area (Å²) in [5.41, 5.74) is 7.16. The van der Waals surface area contributed by atoms with Crippen molar-refractivity contribution in [1.82, 2.24) is 20.2 Å². The van der Waals surface area contributed by atoms with Gasteiger partial charge in [0.1, 0.15) is 0 Å². The van der Waals surface area contributed by atoms with Crippen molar-refractivity contribution >= 4 is 5.69 Å². The van der Waals surface area contributed by atoms with E-state index in [0.717, 1.165) is 23.6 Å². The average molecular weight is 189 g/mol. The van der Waals surface area contributed by atoms with Gasteiger partial charge < -0.3 is 5.73 Å². The second-order valence-corrected chi connectivity index (χ2v) is 2.94. The number of nitrogens with zero attached hydrogens (tertiary/aromatic N) is 4. The lowest BCUT2D eigenvalue weighted by Crippen LogP contribution is -1.99. The summed E-state index contributed by atoms with van der Waals surface area (Å²) in [6, 6.07) is 7.33. The SMILES string of the molecule is CCc1nnn(-c2ccc(N)cc2)n1. The molecule has 0 amide bonds. The van der Waals surface area contributed by atoms with E-state index in [1.165, 1.54) is 4.80 Å². The van der Waals surface area contributed by atoms with E-state index in [1.54, 1.807) is 0 Å². The van der Waals surface area contributed by atoms with Crippen LogP contribution >= 0.6 is 0 Å². The van der Waals surface area contributed by atoms with Crippen LogP contribution in [0.1, 0.15) is 12.7 Å². The molecule has 2 aromatic rings. The van der Waals surface area contributed by atoms with E-state index in [2.05, 4.69) is 15.4 Å². The molecule has 0 saturated carbocycles. The fraction of sp³-hybridized carbons (Fsp3) is 0.222. The van der Waals surface area contributed by atoms with Gasteiger partial charge in [-0.1, -0.05) is 6.92 Å². The molecule has 0 saturated heterocycles. The molecular weight excluding hydrogens is 178 g/mol. The first-order valence-electron chi connectivity index (χ1n) is 4.44. The van der Waals surface area contributed by atoms with Crippen LogP contribution in [-0.2, 0) is 6.42 Å². The van der Waals surface area contributed by atoms with Crippen LogP contribution in [0.3, 0.4) is 0 Å². The Kier molecular flexibility index (Phi) is 2.14. The fourth-order valence-corrected chi connectivity index (χ4v) is 1.10. The van der Waals surface area contributed by atoms with Crippen molar-refractivity contribution in [2.45, 2.75) is 13.3 Å². The number of hydrogen-bond donors (Lipinski definition) is 1. The Labute approximate surface area is 81.5 Å². The highest BCUT2D eigenvalue weighted by atomic mass is 15.6. The lowest BCUT2D eigenvalue weighted by atomic mass is 10.3. The first-order valence-corrected chi connectivity index (χ1v) is 4.44. The van der Waals surface area contributed by atoms with Gasteiger partial charge in [0.15, 0.2) is 5.82 Å². The molecule has 0 atom stereocenters. The third-order valence-electron chi connectivity index (χ3n) is 1.90. The lowest BCUT2D eigenvalue weighted by Gasteiger charge is -1.97. The summed E-state index contributed by atoms with van der Waals surface area (Å²) in [6.07, 6.45) is 0.787. The van der Waals surface area contributed by atoms with Gasteiger partial charge in [-0.15, -0.1) is 15.0 Å². The van der Waals surface area contributed by atoms with Crippen LogP contribution in [-0.4, -0.2) is 20.2 Å². The number of anilines is 1. The molecule has 0 bridgehead atoms. The Hall–Kier alpha value is -1.91. The molecule has 72 valence electrons. The van der Waals surface area contributed by atoms with Crippen LogP contribution in [0.15, 0.2) is 24.3 Å². The molecule has 0 unspecified atom stereocenters. The Bertz CT molecular complexity index is 417. The normalized spacial score (nSPS) is 10.4. The van der Waals surface area contributed by atoms with Gasteiger partial charge in [-0.25, -0.2) is 0 Å². The predicted octanol–water partition coefficient (Wildman–Crippen LogP) is 0.807. The monoisotopic (exact) mass is 189 g/mol. The van der Waals surface area contributed by atoms with Crippen LogP contribution in [0.5, 0.6) is 0 Å². The first kappa shape index (κ1) is 8.68. The molecule has 14 heavy (non-hydrogen) atoms. The quantitative estimate of drug-likeness (QED) is 0.709. The van der Waals surface area contributed by atoms with Crippen LogP contribution in [0.4, 0.5) is 5.69 Å². The van der Waals surface area contributed by atoms with Crippen molar-refractivity contribution in [2.24, 2.45) is 0 Å². The zero-order chi connectivity index (χ0) is 9.97. The molecule has 0 aliphatic rings. The van der Waals surface area contributed by atoms with Crippen LogP contribution in [0, 0.1) is 0 Å². The van der Waals surface area contributed by atoms with Gasteiger partial charge in [0, 0.05) is 12.1 Å². The molecule has 1 aromatic carbocycles. The van der Waals surface area contributed by atoms with Gasteiger partial charge in [-0.2, -0.15) is 0 Å². The van der Waals surface area contributed by atoms with Crippen molar-refractivity contribution in [1.29, 1.82) is 0 Å². The molecule has 5 heteroatoms. The highest BCUT2D eigenvalue weighted by Gasteiger charge is 2.01. The number of nitrogens with two attached hydrogens (primary N) is 1. The number of aryl methyl sites for hydroxylation is 1. The van der Waals surface area contributed by atoms with Gasteiger partial charge in [-0.05, 0) is 29.5 Å². The molecule has 0 radical (unpaired) electrons. The Morgan fingerprint density at radius 3 is 2.57 bits per heavy atom. The standard InChI is InChI=1S/C9H11N5/c1-2-9-11-13-14(12-9)8-5-3-7(10)4-6-8/h3-6H,2,10H2,1H3. The molecule has 5 nitrogen and oxygen atoms in total. The second-order valence-electron chi connectivity index (χ2n) is 2.94. The molecule has 0 aliphatic heterocycles. The topological polar surface area (TPSA) is 69.6 Å². The molecule has 2 rings (SSSR count). The highest BCUT2D eigenvalue weighted by Crippen LogP contribution is 2.08. The minimum atomic E-state index is 0.726. The van der Waals surface area contributed by atoms with E-state index < -0.39 is 0 Å². The summed E-state index contributed by atoms with van der Waals surface area (Å²) in [5.74, 6) is 0.738. The smallest absolute Gasteiger partial charge is 0.174 e. The van der Waals surface area contributed by atoms with Crippen LogP contribution in [0.25, 0.3) is 5.69 Å². The van der Waals surface area contributed by atoms with Gasteiger partial charge in [-0.3, -0.25) is 0 Å². The maximum Gasteiger partial charge on any atom is 0.174 e. The Morgan fingerprint density at radius 2 is 2.00 bits per heavy atom. The largest absolute Gasteiger partial charge is 0.399 e. The first-order chi connectivity index (χ1) is 6.79. The van der Waals surface area contributed by atoms with E-state index in [0.29, 0.717) is 0 Å². The Balaban J connectivity index is 2.34. The molecule has 0 fully saturated rings. The number of nitrogen functional groups attached to an aromatic ring is 1. The summed E-state index contributed by atoms with van der Waals surface area (Å²) >= 11 is 0. The van der Waals surface area contributed by atoms with E-state index in [1.807, 2.05) is 31.2 Å². The number of benzene rings is 1. The number of hydrogen-bond acceptors (Lipinski definition) is 4. The summed E-state index contributed by atoms with van der Waals surface area (Å²) in [4.78, 5) is 1.50. The fourth-order valence-electron chi connectivity index (χ4n) is 1.10. The van der Waals surface area contributed by atoms with Gasteiger partial charge in [0.25, 0.3) is 0 Å². The molecular formula is C9H11N5. The van der Waals surface area contributed by atoms with Crippen molar-refractivity contribution in [3.8, 4) is 5.69 Å². The maximum atomic E-state index is 5.57. The highest BCUT2D eigenvalue weighted by molar-refractivity contribution is 5.43. The third kappa shape index (κ3) is 1.56. The lowest BCUT2D eigenvalue weighted by molar-refractivity contribution is 0.718. The minimum absolute atomic E-state index is 0.726.